The third-order valence-corrected chi connectivity index (χ3v) is 3.29. The predicted octanol–water partition coefficient (Wildman–Crippen LogP) is 0.647. The molecule has 0 bridgehead atoms. The molecular formula is C11H16N2O4S. The van der Waals surface area contributed by atoms with Crippen LogP contribution in [0.1, 0.15) is 6.92 Å². The Morgan fingerprint density at radius 1 is 1.44 bits per heavy atom. The summed E-state index contributed by atoms with van der Waals surface area (Å²) in [7, 11) is -3.28. The highest BCUT2D eigenvalue weighted by Gasteiger charge is 2.10. The van der Waals surface area contributed by atoms with Crippen LogP contribution in [0.4, 0.5) is 11.4 Å². The Morgan fingerprint density at radius 2 is 2.11 bits per heavy atom. The van der Waals surface area contributed by atoms with E-state index in [4.69, 9.17) is 10.5 Å². The van der Waals surface area contributed by atoms with Gasteiger partial charge in [0.05, 0.1) is 22.9 Å². The minimum Gasteiger partial charge on any atom is -0.465 e. The van der Waals surface area contributed by atoms with Gasteiger partial charge in [-0.25, -0.2) is 8.42 Å². The normalized spacial score (nSPS) is 11.0. The van der Waals surface area contributed by atoms with E-state index in [1.807, 2.05) is 0 Å². The predicted molar refractivity (Wildman–Crippen MR) is 69.1 cm³/mol. The van der Waals surface area contributed by atoms with Crippen molar-refractivity contribution in [1.29, 1.82) is 0 Å². The van der Waals surface area contributed by atoms with Gasteiger partial charge >= 0.3 is 5.97 Å². The standard InChI is InChI=1S/C11H16N2O4S/c1-3-17-11(14)7-13-10-5-4-8(6-9(10)12)18(2,15)16/h4-6,13H,3,7,12H2,1-2H3. The molecule has 0 aliphatic carbocycles. The van der Waals surface area contributed by atoms with E-state index in [9.17, 15) is 13.2 Å². The molecule has 1 rings (SSSR count). The number of carbonyl (C=O) groups is 1. The summed E-state index contributed by atoms with van der Waals surface area (Å²) in [5.41, 5.74) is 6.46. The molecule has 0 radical (unpaired) electrons. The van der Waals surface area contributed by atoms with Crippen LogP contribution in [0.15, 0.2) is 23.1 Å². The van der Waals surface area contributed by atoms with Gasteiger partial charge in [-0.05, 0) is 25.1 Å². The van der Waals surface area contributed by atoms with E-state index in [2.05, 4.69) is 5.32 Å². The molecule has 0 aromatic heterocycles. The zero-order valence-electron chi connectivity index (χ0n) is 10.3. The fraction of sp³-hybridized carbons (Fsp3) is 0.364. The smallest absolute Gasteiger partial charge is 0.325 e. The molecule has 0 atom stereocenters. The zero-order chi connectivity index (χ0) is 13.8. The second-order valence-corrected chi connectivity index (χ2v) is 5.70. The number of sulfone groups is 1. The summed E-state index contributed by atoms with van der Waals surface area (Å²) in [4.78, 5) is 11.3. The molecule has 18 heavy (non-hydrogen) atoms. The first-order valence-corrected chi connectivity index (χ1v) is 7.22. The lowest BCUT2D eigenvalue weighted by Crippen LogP contribution is -2.17. The Morgan fingerprint density at radius 3 is 2.61 bits per heavy atom. The highest BCUT2D eigenvalue weighted by Crippen LogP contribution is 2.22. The maximum Gasteiger partial charge on any atom is 0.325 e. The van der Waals surface area contributed by atoms with Gasteiger partial charge in [-0.15, -0.1) is 0 Å². The topological polar surface area (TPSA) is 98.5 Å². The van der Waals surface area contributed by atoms with E-state index in [1.165, 1.54) is 18.2 Å². The molecule has 0 aliphatic rings. The Labute approximate surface area is 106 Å². The number of anilines is 2. The van der Waals surface area contributed by atoms with Gasteiger partial charge < -0.3 is 15.8 Å². The first-order chi connectivity index (χ1) is 8.34. The minimum absolute atomic E-state index is 0.0176. The molecule has 0 aliphatic heterocycles. The van der Waals surface area contributed by atoms with Crippen molar-refractivity contribution in [3.63, 3.8) is 0 Å². The van der Waals surface area contributed by atoms with Gasteiger partial charge in [0.25, 0.3) is 0 Å². The van der Waals surface area contributed by atoms with Crippen molar-refractivity contribution < 1.29 is 17.9 Å². The van der Waals surface area contributed by atoms with E-state index in [1.54, 1.807) is 6.92 Å². The van der Waals surface area contributed by atoms with Crippen molar-refractivity contribution in [2.45, 2.75) is 11.8 Å². The molecular weight excluding hydrogens is 256 g/mol. The summed E-state index contributed by atoms with van der Waals surface area (Å²) in [6.45, 7) is 2.01. The number of hydrogen-bond acceptors (Lipinski definition) is 6. The lowest BCUT2D eigenvalue weighted by atomic mass is 10.2. The lowest BCUT2D eigenvalue weighted by molar-refractivity contribution is -0.140. The molecule has 1 aromatic rings. The quantitative estimate of drug-likeness (QED) is 0.603. The molecule has 1 aromatic carbocycles. The zero-order valence-corrected chi connectivity index (χ0v) is 11.1. The van der Waals surface area contributed by atoms with Gasteiger partial charge in [-0.2, -0.15) is 0 Å². The molecule has 6 nitrogen and oxygen atoms in total. The summed E-state index contributed by atoms with van der Waals surface area (Å²) >= 11 is 0. The molecule has 3 N–H and O–H groups in total. The Bertz CT molecular complexity index is 540. The van der Waals surface area contributed by atoms with Crippen molar-refractivity contribution in [1.82, 2.24) is 0 Å². The number of benzene rings is 1. The van der Waals surface area contributed by atoms with Crippen LogP contribution in [0.25, 0.3) is 0 Å². The molecule has 0 amide bonds. The van der Waals surface area contributed by atoms with Crippen molar-refractivity contribution >= 4 is 27.2 Å². The van der Waals surface area contributed by atoms with Crippen LogP contribution in [-0.4, -0.2) is 33.8 Å². The summed E-state index contributed by atoms with van der Waals surface area (Å²) in [6.07, 6.45) is 1.10. The third-order valence-electron chi connectivity index (χ3n) is 2.18. The monoisotopic (exact) mass is 272 g/mol. The lowest BCUT2D eigenvalue weighted by Gasteiger charge is -2.09. The summed E-state index contributed by atoms with van der Waals surface area (Å²) in [5, 5.41) is 2.78. The largest absolute Gasteiger partial charge is 0.465 e. The molecule has 0 unspecified atom stereocenters. The number of nitrogen functional groups attached to an aromatic ring is 1. The molecule has 0 heterocycles. The number of ether oxygens (including phenoxy) is 1. The molecule has 0 spiro atoms. The second-order valence-electron chi connectivity index (χ2n) is 3.68. The Balaban J connectivity index is 2.78. The van der Waals surface area contributed by atoms with Crippen LogP contribution < -0.4 is 11.1 Å². The molecule has 7 heteroatoms. The van der Waals surface area contributed by atoms with E-state index in [-0.39, 0.29) is 17.1 Å². The fourth-order valence-corrected chi connectivity index (χ4v) is 1.97. The number of rotatable bonds is 5. The van der Waals surface area contributed by atoms with Crippen LogP contribution in [0.5, 0.6) is 0 Å². The molecule has 0 fully saturated rings. The van der Waals surface area contributed by atoms with Crippen LogP contribution in [0, 0.1) is 0 Å². The number of esters is 1. The maximum absolute atomic E-state index is 11.3. The van der Waals surface area contributed by atoms with Crippen molar-refractivity contribution in [3.8, 4) is 0 Å². The molecule has 0 saturated heterocycles. The van der Waals surface area contributed by atoms with E-state index < -0.39 is 15.8 Å². The Kier molecular flexibility index (Phi) is 4.55. The van der Waals surface area contributed by atoms with Crippen LogP contribution >= 0.6 is 0 Å². The summed E-state index contributed by atoms with van der Waals surface area (Å²) < 4.78 is 27.3. The van der Waals surface area contributed by atoms with E-state index in [0.29, 0.717) is 12.3 Å². The van der Waals surface area contributed by atoms with Crippen molar-refractivity contribution in [3.05, 3.63) is 18.2 Å². The van der Waals surface area contributed by atoms with Gasteiger partial charge in [-0.3, -0.25) is 4.79 Å². The average Bonchev–Trinajstić information content (AvgIpc) is 2.26. The Hall–Kier alpha value is -1.76. The highest BCUT2D eigenvalue weighted by molar-refractivity contribution is 7.90. The number of carbonyl (C=O) groups excluding carboxylic acids is 1. The van der Waals surface area contributed by atoms with Gasteiger partial charge in [0.15, 0.2) is 9.84 Å². The number of nitrogens with one attached hydrogen (secondary N) is 1. The average molecular weight is 272 g/mol. The van der Waals surface area contributed by atoms with Crippen molar-refractivity contribution in [2.24, 2.45) is 0 Å². The fourth-order valence-electron chi connectivity index (χ4n) is 1.31. The maximum atomic E-state index is 11.3. The van der Waals surface area contributed by atoms with Gasteiger partial charge in [0, 0.05) is 6.26 Å². The minimum atomic E-state index is -3.28. The van der Waals surface area contributed by atoms with Crippen LogP contribution in [-0.2, 0) is 19.4 Å². The second kappa shape index (κ2) is 5.72. The number of nitrogens with two attached hydrogens (primary N) is 1. The van der Waals surface area contributed by atoms with E-state index in [0.717, 1.165) is 6.26 Å². The van der Waals surface area contributed by atoms with Crippen LogP contribution in [0.2, 0.25) is 0 Å². The van der Waals surface area contributed by atoms with Gasteiger partial charge in [-0.1, -0.05) is 0 Å². The number of hydrogen-bond donors (Lipinski definition) is 2. The molecule has 0 saturated carbocycles. The van der Waals surface area contributed by atoms with Crippen molar-refractivity contribution in [2.75, 3.05) is 30.5 Å². The highest BCUT2D eigenvalue weighted by atomic mass is 32.2. The van der Waals surface area contributed by atoms with Gasteiger partial charge in [0.2, 0.25) is 0 Å². The first kappa shape index (κ1) is 14.3. The molecule has 100 valence electrons. The van der Waals surface area contributed by atoms with Gasteiger partial charge in [0.1, 0.15) is 6.54 Å². The summed E-state index contributed by atoms with van der Waals surface area (Å²) in [6, 6.07) is 4.30. The van der Waals surface area contributed by atoms with Crippen LogP contribution in [0.3, 0.4) is 0 Å². The third kappa shape index (κ3) is 3.92. The first-order valence-electron chi connectivity index (χ1n) is 5.33. The SMILES string of the molecule is CCOC(=O)CNc1ccc(S(C)(=O)=O)cc1N. The van der Waals surface area contributed by atoms with E-state index >= 15 is 0 Å². The summed E-state index contributed by atoms with van der Waals surface area (Å²) in [5.74, 6) is -0.399.